The molecule has 0 aliphatic carbocycles. The number of hydrogen-bond donors (Lipinski definition) is 0. The molecule has 1 aliphatic heterocycles. The fraction of sp³-hybridized carbons (Fsp3) is 0.185. The molecule has 4 aromatic rings. The number of carbonyl (C=O) groups excluding carboxylic acids is 2. The fourth-order valence-electron chi connectivity index (χ4n) is 4.22. The first-order valence-corrected chi connectivity index (χ1v) is 12.0. The number of pyridine rings is 2. The van der Waals surface area contributed by atoms with Crippen molar-refractivity contribution in [1.29, 1.82) is 0 Å². The van der Waals surface area contributed by atoms with Crippen molar-refractivity contribution in [1.82, 2.24) is 9.55 Å². The van der Waals surface area contributed by atoms with E-state index in [0.717, 1.165) is 10.0 Å². The molecular weight excluding hydrogens is 510 g/mol. The number of hydrogen-bond acceptors (Lipinski definition) is 5. The highest BCUT2D eigenvalue weighted by atomic mass is 79.9. The van der Waals surface area contributed by atoms with E-state index in [0.29, 0.717) is 46.9 Å². The fourth-order valence-corrected chi connectivity index (χ4v) is 4.48. The third-order valence-corrected chi connectivity index (χ3v) is 6.52. The summed E-state index contributed by atoms with van der Waals surface area (Å²) in [6.07, 6.45) is 1.46. The lowest BCUT2D eigenvalue weighted by molar-refractivity contribution is -0.119. The van der Waals surface area contributed by atoms with Crippen molar-refractivity contribution in [2.24, 2.45) is 0 Å². The Bertz CT molecular complexity index is 1540. The Morgan fingerprint density at radius 2 is 1.83 bits per heavy atom. The normalized spacial score (nSPS) is 12.8. The van der Waals surface area contributed by atoms with Crippen molar-refractivity contribution in [3.8, 4) is 5.75 Å². The van der Waals surface area contributed by atoms with Gasteiger partial charge in [-0.1, -0.05) is 22.0 Å². The zero-order valence-electron chi connectivity index (χ0n) is 19.2. The first-order valence-electron chi connectivity index (χ1n) is 11.2. The first kappa shape index (κ1) is 23.0. The molecule has 0 unspecified atom stereocenters. The van der Waals surface area contributed by atoms with Crippen LogP contribution in [-0.2, 0) is 11.3 Å². The number of benzene rings is 2. The Morgan fingerprint density at radius 3 is 2.60 bits per heavy atom. The second-order valence-electron chi connectivity index (χ2n) is 8.52. The Hall–Kier alpha value is -3.78. The van der Waals surface area contributed by atoms with Gasteiger partial charge in [0.1, 0.15) is 24.5 Å². The minimum Gasteiger partial charge on any atom is -0.490 e. The second-order valence-corrected chi connectivity index (χ2v) is 9.44. The van der Waals surface area contributed by atoms with Crippen LogP contribution < -0.4 is 15.1 Å². The van der Waals surface area contributed by atoms with Crippen molar-refractivity contribution in [2.75, 3.05) is 18.1 Å². The number of rotatable bonds is 4. The maximum absolute atomic E-state index is 13.5. The lowest BCUT2D eigenvalue weighted by Crippen LogP contribution is -2.40. The Kier molecular flexibility index (Phi) is 5.98. The molecule has 5 rings (SSSR count). The van der Waals surface area contributed by atoms with E-state index in [2.05, 4.69) is 20.9 Å². The Balaban J connectivity index is 1.59. The number of fused-ring (bicyclic) bond motifs is 2. The number of aryl methyl sites for hydroxylation is 2. The summed E-state index contributed by atoms with van der Waals surface area (Å²) in [4.78, 5) is 46.2. The second kappa shape index (κ2) is 9.11. The number of amides is 1. The molecule has 0 fully saturated rings. The SMILES string of the molecule is Cc1ccc2c(c1)N(C(=O)Cn1cc(C(=O)c3ccc(Br)cc3)c(=O)c3ccc(C)nc31)CCO2. The Morgan fingerprint density at radius 1 is 1.06 bits per heavy atom. The number of nitrogens with zero attached hydrogens (tertiary/aromatic N) is 3. The van der Waals surface area contributed by atoms with Crippen LogP contribution in [0.1, 0.15) is 27.2 Å². The van der Waals surface area contributed by atoms with Crippen molar-refractivity contribution in [3.05, 3.63) is 97.9 Å². The standard InChI is InChI=1S/C27H22BrN3O4/c1-16-3-10-23-22(13-16)31(11-12-35-23)24(32)15-30-14-21(25(33)18-5-7-19(28)8-6-18)26(34)20-9-4-17(2)29-27(20)30/h3-10,13-14H,11-12,15H2,1-2H3. The molecular formula is C27H22BrN3O4. The third-order valence-electron chi connectivity index (χ3n) is 6.00. The van der Waals surface area contributed by atoms with Crippen LogP contribution in [0.2, 0.25) is 0 Å². The number of anilines is 1. The molecule has 7 nitrogen and oxygen atoms in total. The van der Waals surface area contributed by atoms with Gasteiger partial charge in [-0.25, -0.2) is 4.98 Å². The molecule has 0 N–H and O–H groups in total. The summed E-state index contributed by atoms with van der Waals surface area (Å²) in [6.45, 7) is 4.49. The topological polar surface area (TPSA) is 81.5 Å². The molecule has 1 amide bonds. The van der Waals surface area contributed by atoms with Crippen molar-refractivity contribution >= 4 is 44.3 Å². The predicted molar refractivity (Wildman–Crippen MR) is 137 cm³/mol. The summed E-state index contributed by atoms with van der Waals surface area (Å²) in [5, 5.41) is 0.296. The zero-order valence-corrected chi connectivity index (χ0v) is 20.8. The Labute approximate surface area is 210 Å². The van der Waals surface area contributed by atoms with Crippen LogP contribution in [0, 0.1) is 13.8 Å². The van der Waals surface area contributed by atoms with Gasteiger partial charge in [0.15, 0.2) is 5.78 Å². The minimum atomic E-state index is -0.406. The van der Waals surface area contributed by atoms with Crippen LogP contribution in [0.5, 0.6) is 5.75 Å². The van der Waals surface area contributed by atoms with Gasteiger partial charge in [-0.05, 0) is 67.9 Å². The highest BCUT2D eigenvalue weighted by molar-refractivity contribution is 9.10. The molecule has 0 saturated heterocycles. The lowest BCUT2D eigenvalue weighted by atomic mass is 10.0. The summed E-state index contributed by atoms with van der Waals surface area (Å²) < 4.78 is 8.15. The highest BCUT2D eigenvalue weighted by Gasteiger charge is 2.25. The quantitative estimate of drug-likeness (QED) is 0.364. The van der Waals surface area contributed by atoms with E-state index in [1.807, 2.05) is 32.0 Å². The van der Waals surface area contributed by atoms with Gasteiger partial charge in [-0.15, -0.1) is 0 Å². The van der Waals surface area contributed by atoms with Crippen molar-refractivity contribution in [2.45, 2.75) is 20.4 Å². The van der Waals surface area contributed by atoms with Crippen LogP contribution in [0.3, 0.4) is 0 Å². The summed E-state index contributed by atoms with van der Waals surface area (Å²) >= 11 is 3.36. The van der Waals surface area contributed by atoms with E-state index in [1.165, 1.54) is 6.20 Å². The monoisotopic (exact) mass is 531 g/mol. The van der Waals surface area contributed by atoms with Gasteiger partial charge in [0.25, 0.3) is 0 Å². The third kappa shape index (κ3) is 4.37. The molecule has 0 saturated carbocycles. The van der Waals surface area contributed by atoms with Gasteiger partial charge < -0.3 is 14.2 Å². The van der Waals surface area contributed by atoms with Crippen molar-refractivity contribution in [3.63, 3.8) is 0 Å². The van der Waals surface area contributed by atoms with Gasteiger partial charge in [-0.3, -0.25) is 14.4 Å². The molecule has 0 bridgehead atoms. The largest absolute Gasteiger partial charge is 0.490 e. The smallest absolute Gasteiger partial charge is 0.247 e. The molecule has 35 heavy (non-hydrogen) atoms. The molecule has 0 spiro atoms. The van der Waals surface area contributed by atoms with Crippen LogP contribution >= 0.6 is 15.9 Å². The molecule has 0 atom stereocenters. The molecule has 1 aliphatic rings. The van der Waals surface area contributed by atoms with Gasteiger partial charge in [-0.2, -0.15) is 0 Å². The number of ketones is 1. The summed E-state index contributed by atoms with van der Waals surface area (Å²) in [5.74, 6) is 0.0639. The molecule has 0 radical (unpaired) electrons. The van der Waals surface area contributed by atoms with Crippen LogP contribution in [0.15, 0.2) is 70.1 Å². The summed E-state index contributed by atoms with van der Waals surface area (Å²) in [5.41, 5.74) is 2.78. The van der Waals surface area contributed by atoms with E-state index in [4.69, 9.17) is 4.74 Å². The molecule has 2 aromatic carbocycles. The van der Waals surface area contributed by atoms with Gasteiger partial charge in [0.05, 0.1) is 23.2 Å². The maximum Gasteiger partial charge on any atom is 0.247 e. The number of ether oxygens (including phenoxy) is 1. The van der Waals surface area contributed by atoms with Gasteiger partial charge in [0, 0.05) is 21.9 Å². The van der Waals surface area contributed by atoms with Gasteiger partial charge >= 0.3 is 0 Å². The molecule has 2 aromatic heterocycles. The number of carbonyl (C=O) groups is 2. The van der Waals surface area contributed by atoms with Gasteiger partial charge in [0.2, 0.25) is 11.3 Å². The summed E-state index contributed by atoms with van der Waals surface area (Å²) in [7, 11) is 0. The van der Waals surface area contributed by atoms with Crippen LogP contribution in [0.4, 0.5) is 5.69 Å². The van der Waals surface area contributed by atoms with E-state index in [9.17, 15) is 14.4 Å². The van der Waals surface area contributed by atoms with E-state index in [-0.39, 0.29) is 18.0 Å². The minimum absolute atomic E-state index is 0.00324. The average molecular weight is 532 g/mol. The molecule has 176 valence electrons. The van der Waals surface area contributed by atoms with Crippen LogP contribution in [-0.4, -0.2) is 34.4 Å². The van der Waals surface area contributed by atoms with E-state index < -0.39 is 11.2 Å². The summed E-state index contributed by atoms with van der Waals surface area (Å²) in [6, 6.07) is 15.9. The maximum atomic E-state index is 13.5. The van der Waals surface area contributed by atoms with E-state index >= 15 is 0 Å². The zero-order chi connectivity index (χ0) is 24.7. The first-order chi connectivity index (χ1) is 16.8. The number of halogens is 1. The predicted octanol–water partition coefficient (Wildman–Crippen LogP) is 4.43. The van der Waals surface area contributed by atoms with Crippen LogP contribution in [0.25, 0.3) is 11.0 Å². The molecule has 8 heteroatoms. The number of aromatic nitrogens is 2. The lowest BCUT2D eigenvalue weighted by Gasteiger charge is -2.30. The highest BCUT2D eigenvalue weighted by Crippen LogP contribution is 2.32. The molecule has 3 heterocycles. The van der Waals surface area contributed by atoms with Crippen molar-refractivity contribution < 1.29 is 14.3 Å². The van der Waals surface area contributed by atoms with E-state index in [1.54, 1.807) is 45.9 Å². The average Bonchev–Trinajstić information content (AvgIpc) is 2.85.